The maximum absolute atomic E-state index is 12.1. The Morgan fingerprint density at radius 3 is 2.61 bits per heavy atom. The molecule has 0 atom stereocenters. The molecule has 0 aliphatic carbocycles. The predicted molar refractivity (Wildman–Crippen MR) is 71.9 cm³/mol. The van der Waals surface area contributed by atoms with Crippen LogP contribution in [0.2, 0.25) is 0 Å². The fraction of sp³-hybridized carbons (Fsp3) is 0.0714. The van der Waals surface area contributed by atoms with Gasteiger partial charge in [-0.15, -0.1) is 6.58 Å². The first-order valence-corrected chi connectivity index (χ1v) is 7.13. The molecule has 0 radical (unpaired) electrons. The van der Waals surface area contributed by atoms with Crippen molar-refractivity contribution >= 4 is 9.84 Å². The molecule has 1 aromatic heterocycles. The van der Waals surface area contributed by atoms with E-state index in [9.17, 15) is 8.42 Å². The van der Waals surface area contributed by atoms with Gasteiger partial charge in [0.1, 0.15) is 0 Å². The second-order valence-electron chi connectivity index (χ2n) is 3.81. The van der Waals surface area contributed by atoms with Crippen molar-refractivity contribution in [3.63, 3.8) is 0 Å². The van der Waals surface area contributed by atoms with E-state index in [-0.39, 0.29) is 5.75 Å². The molecule has 0 saturated carbocycles. The Morgan fingerprint density at radius 2 is 1.94 bits per heavy atom. The van der Waals surface area contributed by atoms with E-state index in [1.54, 1.807) is 36.7 Å². The monoisotopic (exact) mass is 259 g/mol. The first-order chi connectivity index (χ1) is 8.65. The summed E-state index contributed by atoms with van der Waals surface area (Å²) >= 11 is 0. The van der Waals surface area contributed by atoms with Gasteiger partial charge in [0.05, 0.1) is 10.6 Å². The zero-order valence-electron chi connectivity index (χ0n) is 9.78. The topological polar surface area (TPSA) is 47.0 Å². The largest absolute Gasteiger partial charge is 0.264 e. The van der Waals surface area contributed by atoms with Gasteiger partial charge in [-0.25, -0.2) is 8.42 Å². The van der Waals surface area contributed by atoms with Crippen LogP contribution in [0, 0.1) is 0 Å². The first-order valence-electron chi connectivity index (χ1n) is 5.48. The van der Waals surface area contributed by atoms with Crippen LogP contribution in [-0.2, 0) is 9.84 Å². The molecule has 92 valence electrons. The second-order valence-corrected chi connectivity index (χ2v) is 5.81. The molecular formula is C14H13NO2S. The number of hydrogen-bond donors (Lipinski definition) is 0. The summed E-state index contributed by atoms with van der Waals surface area (Å²) in [5, 5.41) is 0. The summed E-state index contributed by atoms with van der Waals surface area (Å²) in [6, 6.07) is 10.6. The average Bonchev–Trinajstić information content (AvgIpc) is 2.40. The van der Waals surface area contributed by atoms with Crippen molar-refractivity contribution in [3.05, 3.63) is 61.4 Å². The molecule has 0 aliphatic heterocycles. The Morgan fingerprint density at radius 1 is 1.17 bits per heavy atom. The summed E-state index contributed by atoms with van der Waals surface area (Å²) in [5.41, 5.74) is 1.47. The molecular weight excluding hydrogens is 246 g/mol. The minimum atomic E-state index is -3.33. The van der Waals surface area contributed by atoms with Gasteiger partial charge >= 0.3 is 0 Å². The van der Waals surface area contributed by atoms with E-state index in [0.717, 1.165) is 5.56 Å². The van der Waals surface area contributed by atoms with Crippen LogP contribution in [0.15, 0.2) is 66.3 Å². The van der Waals surface area contributed by atoms with E-state index in [2.05, 4.69) is 11.6 Å². The van der Waals surface area contributed by atoms with Crippen molar-refractivity contribution in [2.75, 3.05) is 5.75 Å². The molecule has 0 bridgehead atoms. The normalized spacial score (nSPS) is 11.1. The predicted octanol–water partition coefficient (Wildman–Crippen LogP) is 2.71. The SMILES string of the molecule is C=CCS(=O)(=O)c1ccccc1-c1cccnc1. The fourth-order valence-electron chi connectivity index (χ4n) is 1.74. The van der Waals surface area contributed by atoms with Crippen LogP contribution >= 0.6 is 0 Å². The number of pyridine rings is 1. The minimum absolute atomic E-state index is 0.0652. The highest BCUT2D eigenvalue weighted by Crippen LogP contribution is 2.27. The molecule has 1 heterocycles. The maximum atomic E-state index is 12.1. The molecule has 0 saturated heterocycles. The van der Waals surface area contributed by atoms with Gasteiger partial charge in [-0.1, -0.05) is 30.3 Å². The van der Waals surface area contributed by atoms with Crippen LogP contribution in [0.5, 0.6) is 0 Å². The molecule has 2 rings (SSSR count). The lowest BCUT2D eigenvalue weighted by atomic mass is 10.1. The van der Waals surface area contributed by atoms with E-state index in [1.807, 2.05) is 12.1 Å². The number of hydrogen-bond acceptors (Lipinski definition) is 3. The van der Waals surface area contributed by atoms with Crippen LogP contribution in [0.25, 0.3) is 11.1 Å². The molecule has 0 N–H and O–H groups in total. The Hall–Kier alpha value is -1.94. The Labute approximate surface area is 107 Å². The van der Waals surface area contributed by atoms with Gasteiger partial charge in [0, 0.05) is 23.5 Å². The van der Waals surface area contributed by atoms with E-state index in [4.69, 9.17) is 0 Å². The highest BCUT2D eigenvalue weighted by Gasteiger charge is 2.17. The summed E-state index contributed by atoms with van der Waals surface area (Å²) < 4.78 is 24.3. The van der Waals surface area contributed by atoms with Crippen LogP contribution < -0.4 is 0 Å². The van der Waals surface area contributed by atoms with Crippen LogP contribution in [0.1, 0.15) is 0 Å². The summed E-state index contributed by atoms with van der Waals surface area (Å²) in [6.07, 6.45) is 4.71. The molecule has 4 heteroatoms. The first kappa shape index (κ1) is 12.5. The molecule has 0 amide bonds. The third kappa shape index (κ3) is 2.49. The zero-order valence-corrected chi connectivity index (χ0v) is 10.6. The molecule has 2 aromatic rings. The molecule has 0 spiro atoms. The lowest BCUT2D eigenvalue weighted by molar-refractivity contribution is 0.599. The zero-order chi connectivity index (χ0) is 13.0. The molecule has 0 fully saturated rings. The van der Waals surface area contributed by atoms with E-state index in [1.165, 1.54) is 6.08 Å². The Kier molecular flexibility index (Phi) is 3.58. The van der Waals surface area contributed by atoms with Crippen molar-refractivity contribution in [2.45, 2.75) is 4.90 Å². The maximum Gasteiger partial charge on any atom is 0.182 e. The average molecular weight is 259 g/mol. The standard InChI is InChI=1S/C14H13NO2S/c1-2-10-18(16,17)14-8-4-3-7-13(14)12-6-5-9-15-11-12/h2-9,11H,1,10H2. The number of nitrogens with zero attached hydrogens (tertiary/aromatic N) is 1. The third-order valence-electron chi connectivity index (χ3n) is 2.53. The number of aromatic nitrogens is 1. The van der Waals surface area contributed by atoms with Gasteiger partial charge in [0.25, 0.3) is 0 Å². The lowest BCUT2D eigenvalue weighted by Gasteiger charge is -2.08. The van der Waals surface area contributed by atoms with E-state index in [0.29, 0.717) is 10.5 Å². The van der Waals surface area contributed by atoms with Crippen LogP contribution in [-0.4, -0.2) is 19.2 Å². The van der Waals surface area contributed by atoms with Crippen LogP contribution in [0.4, 0.5) is 0 Å². The fourth-order valence-corrected chi connectivity index (χ4v) is 3.04. The number of benzene rings is 1. The van der Waals surface area contributed by atoms with Gasteiger partial charge in [0.2, 0.25) is 0 Å². The summed E-state index contributed by atoms with van der Waals surface area (Å²) in [4.78, 5) is 4.33. The summed E-state index contributed by atoms with van der Waals surface area (Å²) in [5.74, 6) is -0.0652. The van der Waals surface area contributed by atoms with Crippen molar-refractivity contribution in [1.29, 1.82) is 0 Å². The van der Waals surface area contributed by atoms with Gasteiger partial charge in [-0.2, -0.15) is 0 Å². The lowest BCUT2D eigenvalue weighted by Crippen LogP contribution is -2.06. The van der Waals surface area contributed by atoms with Crippen molar-refractivity contribution < 1.29 is 8.42 Å². The quantitative estimate of drug-likeness (QED) is 0.793. The molecule has 1 aromatic carbocycles. The van der Waals surface area contributed by atoms with Crippen molar-refractivity contribution in [2.24, 2.45) is 0 Å². The second kappa shape index (κ2) is 5.14. The summed E-state index contributed by atoms with van der Waals surface area (Å²) in [6.45, 7) is 3.48. The Balaban J connectivity index is 2.61. The van der Waals surface area contributed by atoms with Gasteiger partial charge < -0.3 is 0 Å². The molecule has 3 nitrogen and oxygen atoms in total. The third-order valence-corrected chi connectivity index (χ3v) is 4.23. The minimum Gasteiger partial charge on any atom is -0.264 e. The van der Waals surface area contributed by atoms with E-state index >= 15 is 0 Å². The Bertz CT molecular complexity index is 649. The van der Waals surface area contributed by atoms with Gasteiger partial charge in [0.15, 0.2) is 9.84 Å². The summed E-state index contributed by atoms with van der Waals surface area (Å²) in [7, 11) is -3.33. The number of rotatable bonds is 4. The molecule has 0 unspecified atom stereocenters. The van der Waals surface area contributed by atoms with E-state index < -0.39 is 9.84 Å². The van der Waals surface area contributed by atoms with Crippen molar-refractivity contribution in [3.8, 4) is 11.1 Å². The molecule has 18 heavy (non-hydrogen) atoms. The molecule has 0 aliphatic rings. The van der Waals surface area contributed by atoms with Crippen molar-refractivity contribution in [1.82, 2.24) is 4.98 Å². The highest BCUT2D eigenvalue weighted by molar-refractivity contribution is 7.91. The number of sulfone groups is 1. The van der Waals surface area contributed by atoms with Crippen LogP contribution in [0.3, 0.4) is 0 Å². The highest BCUT2D eigenvalue weighted by atomic mass is 32.2. The van der Waals surface area contributed by atoms with Gasteiger partial charge in [-0.05, 0) is 12.1 Å². The van der Waals surface area contributed by atoms with Gasteiger partial charge in [-0.3, -0.25) is 4.98 Å². The smallest absolute Gasteiger partial charge is 0.182 e.